The van der Waals surface area contributed by atoms with Gasteiger partial charge in [-0.1, -0.05) is 13.8 Å². The molecular formula is C10H16N2O4. The first-order chi connectivity index (χ1) is 7.32. The third-order valence-corrected chi connectivity index (χ3v) is 3.08. The maximum atomic E-state index is 11.6. The average molecular weight is 228 g/mol. The molecule has 0 aromatic heterocycles. The van der Waals surface area contributed by atoms with Crippen molar-refractivity contribution < 1.29 is 19.5 Å². The van der Waals surface area contributed by atoms with Gasteiger partial charge in [-0.25, -0.2) is 0 Å². The topological polar surface area (TPSA) is 95.5 Å². The number of rotatable bonds is 4. The van der Waals surface area contributed by atoms with E-state index >= 15 is 0 Å². The summed E-state index contributed by atoms with van der Waals surface area (Å²) in [5.74, 6) is -2.85. The van der Waals surface area contributed by atoms with E-state index in [9.17, 15) is 14.4 Å². The molecule has 6 heteroatoms. The molecule has 0 bridgehead atoms. The molecule has 6 nitrogen and oxygen atoms in total. The van der Waals surface area contributed by atoms with Crippen LogP contribution in [-0.4, -0.2) is 36.5 Å². The fraction of sp³-hybridized carbons (Fsp3) is 0.700. The fourth-order valence-electron chi connectivity index (χ4n) is 1.95. The molecular weight excluding hydrogens is 212 g/mol. The number of carboxylic acids is 1. The molecule has 0 heterocycles. The molecule has 0 aliphatic heterocycles. The highest BCUT2D eigenvalue weighted by atomic mass is 16.4. The van der Waals surface area contributed by atoms with Crippen molar-refractivity contribution in [1.82, 2.24) is 10.6 Å². The van der Waals surface area contributed by atoms with Crippen LogP contribution in [0.5, 0.6) is 0 Å². The summed E-state index contributed by atoms with van der Waals surface area (Å²) in [6.45, 7) is 3.35. The van der Waals surface area contributed by atoms with Crippen molar-refractivity contribution in [2.24, 2.45) is 17.3 Å². The third-order valence-electron chi connectivity index (χ3n) is 3.08. The zero-order valence-electron chi connectivity index (χ0n) is 9.53. The number of hydrogen-bond acceptors (Lipinski definition) is 3. The van der Waals surface area contributed by atoms with E-state index in [0.717, 1.165) is 0 Å². The smallest absolute Gasteiger partial charge is 0.307 e. The van der Waals surface area contributed by atoms with E-state index in [1.165, 1.54) is 7.05 Å². The van der Waals surface area contributed by atoms with Gasteiger partial charge < -0.3 is 15.7 Å². The molecule has 16 heavy (non-hydrogen) atoms. The monoisotopic (exact) mass is 228 g/mol. The van der Waals surface area contributed by atoms with E-state index in [-0.39, 0.29) is 18.4 Å². The number of carbonyl (C=O) groups excluding carboxylic acids is 2. The van der Waals surface area contributed by atoms with Crippen molar-refractivity contribution in [3.63, 3.8) is 0 Å². The second-order valence-corrected chi connectivity index (χ2v) is 4.51. The standard InChI is InChI=1S/C10H16N2O4/c1-10(2)6(7(10)9(15)16)8(14)12-4-5(13)11-3/h6-7H,4H2,1-3H3,(H,11,13)(H,12,14)(H,15,16)/t6-,7+/m1/s1. The van der Waals surface area contributed by atoms with E-state index in [2.05, 4.69) is 10.6 Å². The summed E-state index contributed by atoms with van der Waals surface area (Å²) in [4.78, 5) is 33.3. The number of carbonyl (C=O) groups is 3. The van der Waals surface area contributed by atoms with Crippen molar-refractivity contribution in [3.8, 4) is 0 Å². The zero-order chi connectivity index (χ0) is 12.5. The van der Waals surface area contributed by atoms with Crippen LogP contribution in [0.1, 0.15) is 13.8 Å². The Labute approximate surface area is 93.4 Å². The molecule has 0 spiro atoms. The Hall–Kier alpha value is -1.59. The van der Waals surface area contributed by atoms with Crippen LogP contribution in [-0.2, 0) is 14.4 Å². The summed E-state index contributed by atoms with van der Waals surface area (Å²) >= 11 is 0. The van der Waals surface area contributed by atoms with Gasteiger partial charge in [0.1, 0.15) is 0 Å². The number of aliphatic carboxylic acids is 1. The SMILES string of the molecule is CNC(=O)CNC(=O)[C@H]1[C@@H](C(=O)O)C1(C)C. The van der Waals surface area contributed by atoms with Gasteiger partial charge in [0.05, 0.1) is 18.4 Å². The lowest BCUT2D eigenvalue weighted by Crippen LogP contribution is -2.36. The summed E-state index contributed by atoms with van der Waals surface area (Å²) in [6, 6.07) is 0. The number of likely N-dealkylation sites (N-methyl/N-ethyl adjacent to an activating group) is 1. The minimum Gasteiger partial charge on any atom is -0.481 e. The molecule has 2 atom stereocenters. The van der Waals surface area contributed by atoms with Gasteiger partial charge in [0.2, 0.25) is 11.8 Å². The minimum absolute atomic E-state index is 0.117. The van der Waals surface area contributed by atoms with Gasteiger partial charge in [-0.15, -0.1) is 0 Å². The number of nitrogens with one attached hydrogen (secondary N) is 2. The lowest BCUT2D eigenvalue weighted by molar-refractivity contribution is -0.140. The van der Waals surface area contributed by atoms with Gasteiger partial charge in [0, 0.05) is 7.05 Å². The van der Waals surface area contributed by atoms with Gasteiger partial charge >= 0.3 is 5.97 Å². The molecule has 1 saturated carbocycles. The highest BCUT2D eigenvalue weighted by Gasteiger charge is 2.65. The van der Waals surface area contributed by atoms with Gasteiger partial charge in [-0.2, -0.15) is 0 Å². The predicted molar refractivity (Wildman–Crippen MR) is 55.5 cm³/mol. The van der Waals surface area contributed by atoms with Crippen LogP contribution in [0, 0.1) is 17.3 Å². The molecule has 0 aromatic rings. The molecule has 1 aliphatic carbocycles. The predicted octanol–water partition coefficient (Wildman–Crippen LogP) is -0.795. The van der Waals surface area contributed by atoms with Crippen LogP contribution in [0.2, 0.25) is 0 Å². The van der Waals surface area contributed by atoms with E-state index in [4.69, 9.17) is 5.11 Å². The second-order valence-electron chi connectivity index (χ2n) is 4.51. The van der Waals surface area contributed by atoms with Gasteiger partial charge in [-0.3, -0.25) is 14.4 Å². The normalized spacial score (nSPS) is 25.7. The molecule has 0 unspecified atom stereocenters. The highest BCUT2D eigenvalue weighted by Crippen LogP contribution is 2.58. The van der Waals surface area contributed by atoms with Gasteiger partial charge in [0.25, 0.3) is 0 Å². The zero-order valence-corrected chi connectivity index (χ0v) is 9.53. The second kappa shape index (κ2) is 4.11. The summed E-state index contributed by atoms with van der Waals surface area (Å²) in [6.07, 6.45) is 0. The molecule has 1 aliphatic rings. The van der Waals surface area contributed by atoms with Crippen molar-refractivity contribution in [2.75, 3.05) is 13.6 Å². The Morgan fingerprint density at radius 2 is 1.81 bits per heavy atom. The van der Waals surface area contributed by atoms with Crippen molar-refractivity contribution in [2.45, 2.75) is 13.8 Å². The Kier molecular flexibility index (Phi) is 3.21. The number of hydrogen-bond donors (Lipinski definition) is 3. The summed E-state index contributed by atoms with van der Waals surface area (Å²) in [5.41, 5.74) is -0.529. The molecule has 0 saturated heterocycles. The molecule has 0 radical (unpaired) electrons. The fourth-order valence-corrected chi connectivity index (χ4v) is 1.95. The Morgan fingerprint density at radius 1 is 1.25 bits per heavy atom. The molecule has 1 fully saturated rings. The Morgan fingerprint density at radius 3 is 2.19 bits per heavy atom. The first-order valence-electron chi connectivity index (χ1n) is 5.03. The first-order valence-corrected chi connectivity index (χ1v) is 5.03. The third kappa shape index (κ3) is 2.15. The number of amides is 2. The van der Waals surface area contributed by atoms with Crippen LogP contribution in [0.3, 0.4) is 0 Å². The van der Waals surface area contributed by atoms with E-state index in [1.54, 1.807) is 13.8 Å². The van der Waals surface area contributed by atoms with Gasteiger partial charge in [-0.05, 0) is 5.41 Å². The largest absolute Gasteiger partial charge is 0.481 e. The van der Waals surface area contributed by atoms with Crippen LogP contribution >= 0.6 is 0 Å². The molecule has 1 rings (SSSR count). The van der Waals surface area contributed by atoms with Crippen LogP contribution in [0.4, 0.5) is 0 Å². The summed E-state index contributed by atoms with van der Waals surface area (Å²) in [5, 5.41) is 13.7. The highest BCUT2D eigenvalue weighted by molar-refractivity contribution is 5.93. The van der Waals surface area contributed by atoms with Crippen LogP contribution in [0.25, 0.3) is 0 Å². The lowest BCUT2D eigenvalue weighted by Gasteiger charge is -2.04. The van der Waals surface area contributed by atoms with Crippen LogP contribution in [0.15, 0.2) is 0 Å². The van der Waals surface area contributed by atoms with Crippen molar-refractivity contribution >= 4 is 17.8 Å². The average Bonchev–Trinajstić information content (AvgIpc) is 2.77. The quantitative estimate of drug-likeness (QED) is 0.587. The number of carboxylic acid groups (broad SMARTS) is 1. The maximum absolute atomic E-state index is 11.6. The summed E-state index contributed by atoms with van der Waals surface area (Å²) in [7, 11) is 1.47. The molecule has 0 aromatic carbocycles. The first kappa shape index (κ1) is 12.5. The maximum Gasteiger partial charge on any atom is 0.307 e. The van der Waals surface area contributed by atoms with Gasteiger partial charge in [0.15, 0.2) is 0 Å². The van der Waals surface area contributed by atoms with Crippen molar-refractivity contribution in [1.29, 1.82) is 0 Å². The molecule has 3 N–H and O–H groups in total. The summed E-state index contributed by atoms with van der Waals surface area (Å²) < 4.78 is 0. The molecule has 90 valence electrons. The van der Waals surface area contributed by atoms with E-state index in [0.29, 0.717) is 0 Å². The van der Waals surface area contributed by atoms with E-state index < -0.39 is 23.2 Å². The lowest BCUT2D eigenvalue weighted by atomic mass is 10.1. The molecule has 2 amide bonds. The van der Waals surface area contributed by atoms with Crippen LogP contribution < -0.4 is 10.6 Å². The van der Waals surface area contributed by atoms with E-state index in [1.807, 2.05) is 0 Å². The van der Waals surface area contributed by atoms with Crippen molar-refractivity contribution in [3.05, 3.63) is 0 Å². The Bertz CT molecular complexity index is 338. The Balaban J connectivity index is 2.51. The minimum atomic E-state index is -0.968.